The van der Waals surface area contributed by atoms with Gasteiger partial charge >= 0.3 is 0 Å². The van der Waals surface area contributed by atoms with Gasteiger partial charge in [0.1, 0.15) is 0 Å². The molecule has 0 saturated heterocycles. The van der Waals surface area contributed by atoms with E-state index in [0.717, 1.165) is 5.52 Å². The first-order valence-corrected chi connectivity index (χ1v) is 4.85. The molecule has 15 heavy (non-hydrogen) atoms. The van der Waals surface area contributed by atoms with Crippen LogP contribution in [0.1, 0.15) is 13.8 Å². The Hall–Kier alpha value is -1.78. The number of nitrogens with one attached hydrogen (secondary N) is 1. The molecule has 0 radical (unpaired) electrons. The number of nitrogens with zero attached hydrogens (tertiary/aromatic N) is 3. The molecule has 80 valence electrons. The SMILES string of the molecule is CC(C)Nc1ncc2c(O)n(C)cc2n1. The second-order valence-corrected chi connectivity index (χ2v) is 3.86. The second kappa shape index (κ2) is 3.42. The summed E-state index contributed by atoms with van der Waals surface area (Å²) in [5.74, 6) is 0.782. The minimum absolute atomic E-state index is 0.195. The molecule has 2 N–H and O–H groups in total. The van der Waals surface area contributed by atoms with Crippen molar-refractivity contribution in [2.24, 2.45) is 7.05 Å². The van der Waals surface area contributed by atoms with Crippen molar-refractivity contribution in [3.8, 4) is 5.88 Å². The summed E-state index contributed by atoms with van der Waals surface area (Å²) in [6, 6.07) is 0.291. The summed E-state index contributed by atoms with van der Waals surface area (Å²) < 4.78 is 1.62. The van der Waals surface area contributed by atoms with E-state index in [2.05, 4.69) is 15.3 Å². The van der Waals surface area contributed by atoms with E-state index in [0.29, 0.717) is 17.4 Å². The Morgan fingerprint density at radius 3 is 2.87 bits per heavy atom. The van der Waals surface area contributed by atoms with Crippen LogP contribution in [0.5, 0.6) is 5.88 Å². The van der Waals surface area contributed by atoms with Crippen LogP contribution in [-0.4, -0.2) is 25.7 Å². The Morgan fingerprint density at radius 1 is 1.47 bits per heavy atom. The zero-order valence-electron chi connectivity index (χ0n) is 9.02. The molecule has 5 heteroatoms. The molecule has 0 saturated carbocycles. The van der Waals surface area contributed by atoms with Crippen LogP contribution in [0.15, 0.2) is 12.4 Å². The van der Waals surface area contributed by atoms with Gasteiger partial charge in [0.2, 0.25) is 11.8 Å². The second-order valence-electron chi connectivity index (χ2n) is 3.86. The van der Waals surface area contributed by atoms with Crippen LogP contribution in [0.2, 0.25) is 0 Å². The summed E-state index contributed by atoms with van der Waals surface area (Å²) in [7, 11) is 1.77. The Labute approximate surface area is 87.8 Å². The molecule has 0 atom stereocenters. The van der Waals surface area contributed by atoms with E-state index in [-0.39, 0.29) is 5.88 Å². The van der Waals surface area contributed by atoms with Crippen LogP contribution in [0.25, 0.3) is 10.9 Å². The molecule has 0 aliphatic rings. The number of rotatable bonds is 2. The molecule has 0 aromatic carbocycles. The van der Waals surface area contributed by atoms with Crippen molar-refractivity contribution in [1.29, 1.82) is 0 Å². The third kappa shape index (κ3) is 1.72. The predicted molar refractivity (Wildman–Crippen MR) is 58.9 cm³/mol. The molecule has 0 amide bonds. The fraction of sp³-hybridized carbons (Fsp3) is 0.400. The van der Waals surface area contributed by atoms with Crippen molar-refractivity contribution in [3.05, 3.63) is 12.4 Å². The molecule has 2 aromatic rings. The number of hydrogen-bond acceptors (Lipinski definition) is 4. The van der Waals surface area contributed by atoms with E-state index in [1.807, 2.05) is 13.8 Å². The third-order valence-corrected chi connectivity index (χ3v) is 2.13. The maximum absolute atomic E-state index is 9.63. The Kier molecular flexibility index (Phi) is 2.22. The number of fused-ring (bicyclic) bond motifs is 1. The van der Waals surface area contributed by atoms with Crippen molar-refractivity contribution >= 4 is 16.9 Å². The van der Waals surface area contributed by atoms with Gasteiger partial charge < -0.3 is 15.0 Å². The molecule has 0 aliphatic heterocycles. The number of aryl methyl sites for hydroxylation is 1. The molecule has 2 rings (SSSR count). The Balaban J connectivity index is 2.47. The molecule has 0 unspecified atom stereocenters. The topological polar surface area (TPSA) is 63.0 Å². The van der Waals surface area contributed by atoms with Crippen molar-refractivity contribution < 1.29 is 5.11 Å². The molecule has 5 nitrogen and oxygen atoms in total. The third-order valence-electron chi connectivity index (χ3n) is 2.13. The number of anilines is 1. The van der Waals surface area contributed by atoms with E-state index in [4.69, 9.17) is 0 Å². The van der Waals surface area contributed by atoms with E-state index in [1.165, 1.54) is 0 Å². The average Bonchev–Trinajstić information content (AvgIpc) is 2.41. The summed E-state index contributed by atoms with van der Waals surface area (Å²) in [4.78, 5) is 8.42. The van der Waals surface area contributed by atoms with Crippen molar-refractivity contribution in [2.75, 3.05) is 5.32 Å². The first kappa shape index (κ1) is 9.76. The van der Waals surface area contributed by atoms with Gasteiger partial charge in [0.25, 0.3) is 0 Å². The molecule has 0 bridgehead atoms. The fourth-order valence-electron chi connectivity index (χ4n) is 1.43. The van der Waals surface area contributed by atoms with Gasteiger partial charge in [-0.1, -0.05) is 0 Å². The number of aromatic nitrogens is 3. The lowest BCUT2D eigenvalue weighted by molar-refractivity contribution is 0.437. The fourth-order valence-corrected chi connectivity index (χ4v) is 1.43. The maximum atomic E-state index is 9.63. The summed E-state index contributed by atoms with van der Waals surface area (Å²) in [5, 5.41) is 13.4. The van der Waals surface area contributed by atoms with Gasteiger partial charge in [0.05, 0.1) is 10.9 Å². The summed E-state index contributed by atoms with van der Waals surface area (Å²) in [6.45, 7) is 4.05. The van der Waals surface area contributed by atoms with E-state index < -0.39 is 0 Å². The largest absolute Gasteiger partial charge is 0.494 e. The smallest absolute Gasteiger partial charge is 0.223 e. The molecular weight excluding hydrogens is 192 g/mol. The lowest BCUT2D eigenvalue weighted by Crippen LogP contribution is -2.12. The van der Waals surface area contributed by atoms with E-state index >= 15 is 0 Å². The van der Waals surface area contributed by atoms with Crippen LogP contribution in [0.3, 0.4) is 0 Å². The highest BCUT2D eigenvalue weighted by molar-refractivity contribution is 5.84. The van der Waals surface area contributed by atoms with Crippen LogP contribution >= 0.6 is 0 Å². The zero-order chi connectivity index (χ0) is 11.0. The number of aromatic hydroxyl groups is 1. The van der Waals surface area contributed by atoms with Crippen molar-refractivity contribution in [2.45, 2.75) is 19.9 Å². The quantitative estimate of drug-likeness (QED) is 0.781. The number of hydrogen-bond donors (Lipinski definition) is 2. The molecule has 0 spiro atoms. The van der Waals surface area contributed by atoms with E-state index in [1.54, 1.807) is 24.0 Å². The monoisotopic (exact) mass is 206 g/mol. The lowest BCUT2D eigenvalue weighted by atomic mass is 10.4. The van der Waals surface area contributed by atoms with Crippen LogP contribution in [0, 0.1) is 0 Å². The summed E-state index contributed by atoms with van der Waals surface area (Å²) >= 11 is 0. The lowest BCUT2D eigenvalue weighted by Gasteiger charge is -2.06. The summed E-state index contributed by atoms with van der Waals surface area (Å²) in [6.07, 6.45) is 3.40. The first-order chi connectivity index (χ1) is 7.08. The average molecular weight is 206 g/mol. The van der Waals surface area contributed by atoms with Gasteiger partial charge in [-0.05, 0) is 13.8 Å². The summed E-state index contributed by atoms with van der Waals surface area (Å²) in [5.41, 5.74) is 0.744. The van der Waals surface area contributed by atoms with Gasteiger partial charge in [-0.15, -0.1) is 0 Å². The van der Waals surface area contributed by atoms with Crippen molar-refractivity contribution in [1.82, 2.24) is 14.5 Å². The van der Waals surface area contributed by atoms with Crippen LogP contribution in [0.4, 0.5) is 5.95 Å². The van der Waals surface area contributed by atoms with Gasteiger partial charge in [0, 0.05) is 25.5 Å². The minimum Gasteiger partial charge on any atom is -0.494 e. The van der Waals surface area contributed by atoms with Gasteiger partial charge in [-0.25, -0.2) is 9.97 Å². The zero-order valence-corrected chi connectivity index (χ0v) is 9.02. The predicted octanol–water partition coefficient (Wildman–Crippen LogP) is 1.49. The highest BCUT2D eigenvalue weighted by atomic mass is 16.3. The van der Waals surface area contributed by atoms with Gasteiger partial charge in [0.15, 0.2) is 0 Å². The molecular formula is C10H14N4O. The Morgan fingerprint density at radius 2 is 2.20 bits per heavy atom. The molecule has 0 aliphatic carbocycles. The van der Waals surface area contributed by atoms with Crippen molar-refractivity contribution in [3.63, 3.8) is 0 Å². The highest BCUT2D eigenvalue weighted by Gasteiger charge is 2.08. The normalized spacial score (nSPS) is 11.2. The first-order valence-electron chi connectivity index (χ1n) is 4.85. The Bertz CT molecular complexity index is 489. The van der Waals surface area contributed by atoms with E-state index in [9.17, 15) is 5.11 Å². The van der Waals surface area contributed by atoms with Gasteiger partial charge in [-0.2, -0.15) is 0 Å². The molecule has 0 fully saturated rings. The maximum Gasteiger partial charge on any atom is 0.223 e. The minimum atomic E-state index is 0.195. The standard InChI is InChI=1S/C10H14N4O/c1-6(2)12-10-11-4-7-8(13-10)5-14(3)9(7)15/h4-6,15H,1-3H3,(H,12,13). The molecule has 2 heterocycles. The van der Waals surface area contributed by atoms with Crippen LogP contribution in [-0.2, 0) is 7.05 Å². The highest BCUT2D eigenvalue weighted by Crippen LogP contribution is 2.24. The van der Waals surface area contributed by atoms with Gasteiger partial charge in [-0.3, -0.25) is 0 Å². The van der Waals surface area contributed by atoms with Crippen LogP contribution < -0.4 is 5.32 Å². The molecule has 2 aromatic heterocycles.